The Bertz CT molecular complexity index is 472. The topological polar surface area (TPSA) is 55.1 Å². The zero-order chi connectivity index (χ0) is 13.8. The number of ketones is 1. The Morgan fingerprint density at radius 3 is 2.43 bits per heavy atom. The molecule has 21 heavy (non-hydrogen) atoms. The van der Waals surface area contributed by atoms with Crippen LogP contribution in [0.3, 0.4) is 0 Å². The van der Waals surface area contributed by atoms with E-state index in [1.54, 1.807) is 6.92 Å². The minimum Gasteiger partial charge on any atom is -0.398 e. The first kappa shape index (κ1) is 20.2. The number of aryl methyl sites for hydroxylation is 1. The van der Waals surface area contributed by atoms with Crippen molar-refractivity contribution in [2.24, 2.45) is 0 Å². The number of hydrogen-bond acceptors (Lipinski definition) is 3. The van der Waals surface area contributed by atoms with E-state index in [1.807, 2.05) is 19.1 Å². The number of benzene rings is 1. The first-order valence-electron chi connectivity index (χ1n) is 7.21. The molecule has 0 saturated heterocycles. The van der Waals surface area contributed by atoms with E-state index in [1.165, 1.54) is 32.1 Å². The van der Waals surface area contributed by atoms with Gasteiger partial charge in [-0.05, 0) is 49.9 Å². The smallest absolute Gasteiger partial charge is 0.159 e. The largest absolute Gasteiger partial charge is 0.398 e. The summed E-state index contributed by atoms with van der Waals surface area (Å²) < 4.78 is 0. The quantitative estimate of drug-likeness (QED) is 0.646. The van der Waals surface area contributed by atoms with Gasteiger partial charge in [-0.25, -0.2) is 0 Å². The van der Waals surface area contributed by atoms with Crippen LogP contribution >= 0.6 is 24.8 Å². The van der Waals surface area contributed by atoms with Crippen molar-refractivity contribution in [3.63, 3.8) is 0 Å². The van der Waals surface area contributed by atoms with E-state index in [0.29, 0.717) is 6.04 Å². The monoisotopic (exact) mass is 332 g/mol. The summed E-state index contributed by atoms with van der Waals surface area (Å²) in [6.45, 7) is 4.33. The van der Waals surface area contributed by atoms with Crippen molar-refractivity contribution in [1.82, 2.24) is 5.32 Å². The third-order valence-corrected chi connectivity index (χ3v) is 4.07. The van der Waals surface area contributed by atoms with Crippen molar-refractivity contribution in [2.45, 2.75) is 58.5 Å². The van der Waals surface area contributed by atoms with Crippen LogP contribution in [-0.4, -0.2) is 11.8 Å². The predicted molar refractivity (Wildman–Crippen MR) is 93.8 cm³/mol. The minimum absolute atomic E-state index is 0. The molecule has 1 aliphatic carbocycles. The molecule has 0 bridgehead atoms. The minimum atomic E-state index is 0. The van der Waals surface area contributed by atoms with Gasteiger partial charge >= 0.3 is 0 Å². The van der Waals surface area contributed by atoms with Crippen LogP contribution in [0.5, 0.6) is 0 Å². The van der Waals surface area contributed by atoms with Gasteiger partial charge in [-0.2, -0.15) is 0 Å². The van der Waals surface area contributed by atoms with Crippen molar-refractivity contribution in [2.75, 3.05) is 5.73 Å². The maximum Gasteiger partial charge on any atom is 0.159 e. The van der Waals surface area contributed by atoms with Crippen molar-refractivity contribution in [3.8, 4) is 0 Å². The van der Waals surface area contributed by atoms with Crippen molar-refractivity contribution in [1.29, 1.82) is 0 Å². The molecule has 0 amide bonds. The van der Waals surface area contributed by atoms with Crippen LogP contribution in [-0.2, 0) is 6.54 Å². The van der Waals surface area contributed by atoms with Crippen molar-refractivity contribution < 1.29 is 4.79 Å². The summed E-state index contributed by atoms with van der Waals surface area (Å²) in [5, 5.41) is 3.58. The normalized spacial score (nSPS) is 15.0. The molecule has 1 aromatic rings. The number of rotatable bonds is 4. The molecule has 0 aromatic heterocycles. The fourth-order valence-corrected chi connectivity index (χ4v) is 2.78. The molecule has 5 heteroatoms. The molecule has 0 radical (unpaired) electrons. The molecule has 1 aliphatic rings. The lowest BCUT2D eigenvalue weighted by molar-refractivity contribution is 0.101. The maximum atomic E-state index is 11.5. The van der Waals surface area contributed by atoms with Gasteiger partial charge in [-0.3, -0.25) is 4.79 Å². The van der Waals surface area contributed by atoms with Gasteiger partial charge in [0.15, 0.2) is 5.78 Å². The summed E-state index contributed by atoms with van der Waals surface area (Å²) in [4.78, 5) is 11.5. The highest BCUT2D eigenvalue weighted by molar-refractivity contribution is 5.95. The average Bonchev–Trinajstić information content (AvgIpc) is 2.41. The second-order valence-corrected chi connectivity index (χ2v) is 5.64. The highest BCUT2D eigenvalue weighted by Gasteiger charge is 2.14. The molecule has 0 spiro atoms. The molecular weight excluding hydrogens is 307 g/mol. The number of carbonyl (C=O) groups is 1. The predicted octanol–water partition coefficient (Wildman–Crippen LogP) is 4.05. The lowest BCUT2D eigenvalue weighted by atomic mass is 9.95. The number of halogens is 2. The number of carbonyl (C=O) groups excluding carboxylic acids is 1. The van der Waals surface area contributed by atoms with Gasteiger partial charge in [-0.15, -0.1) is 24.8 Å². The summed E-state index contributed by atoms with van der Waals surface area (Å²) in [7, 11) is 0. The number of Topliss-reactive ketones (excluding diaryl/α,β-unsaturated/α-hetero) is 1. The Morgan fingerprint density at radius 1 is 1.24 bits per heavy atom. The molecule has 2 rings (SSSR count). The highest BCUT2D eigenvalue weighted by atomic mass is 35.5. The lowest BCUT2D eigenvalue weighted by Gasteiger charge is -2.23. The summed E-state index contributed by atoms with van der Waals surface area (Å²) >= 11 is 0. The van der Waals surface area contributed by atoms with E-state index in [0.717, 1.165) is 28.9 Å². The molecule has 0 heterocycles. The summed E-state index contributed by atoms with van der Waals surface area (Å²) in [6.07, 6.45) is 6.51. The fraction of sp³-hybridized carbons (Fsp3) is 0.562. The van der Waals surface area contributed by atoms with Gasteiger partial charge in [0.25, 0.3) is 0 Å². The van der Waals surface area contributed by atoms with E-state index in [4.69, 9.17) is 5.73 Å². The van der Waals surface area contributed by atoms with Gasteiger partial charge in [0, 0.05) is 23.8 Å². The Morgan fingerprint density at radius 2 is 1.86 bits per heavy atom. The Hall–Kier alpha value is -0.770. The second-order valence-electron chi connectivity index (χ2n) is 5.64. The molecule has 1 fully saturated rings. The first-order chi connectivity index (χ1) is 9.08. The van der Waals surface area contributed by atoms with Crippen molar-refractivity contribution in [3.05, 3.63) is 28.8 Å². The third kappa shape index (κ3) is 5.50. The second kappa shape index (κ2) is 9.29. The molecule has 120 valence electrons. The summed E-state index contributed by atoms with van der Waals surface area (Å²) in [6, 6.07) is 4.41. The number of nitrogens with one attached hydrogen (secondary N) is 1. The SMILES string of the molecule is CC(=O)c1cc(C)c(N)c(CNC2CCCCC2)c1.Cl.Cl. The van der Waals surface area contributed by atoms with Crippen LogP contribution in [0.2, 0.25) is 0 Å². The first-order valence-corrected chi connectivity index (χ1v) is 7.21. The molecule has 0 unspecified atom stereocenters. The molecule has 3 nitrogen and oxygen atoms in total. The molecule has 3 N–H and O–H groups in total. The van der Waals surface area contributed by atoms with E-state index in [2.05, 4.69) is 5.32 Å². The van der Waals surface area contributed by atoms with Gasteiger partial charge in [0.2, 0.25) is 0 Å². The van der Waals surface area contributed by atoms with Gasteiger partial charge < -0.3 is 11.1 Å². The molecule has 0 aliphatic heterocycles. The van der Waals surface area contributed by atoms with E-state index in [-0.39, 0.29) is 30.6 Å². The molecule has 1 saturated carbocycles. The van der Waals surface area contributed by atoms with Crippen LogP contribution in [0, 0.1) is 6.92 Å². The Balaban J connectivity index is 0.00000200. The van der Waals surface area contributed by atoms with Crippen LogP contribution < -0.4 is 11.1 Å². The van der Waals surface area contributed by atoms with E-state index < -0.39 is 0 Å². The maximum absolute atomic E-state index is 11.5. The van der Waals surface area contributed by atoms with Gasteiger partial charge in [0.1, 0.15) is 0 Å². The fourth-order valence-electron chi connectivity index (χ4n) is 2.78. The van der Waals surface area contributed by atoms with E-state index in [9.17, 15) is 4.79 Å². The van der Waals surface area contributed by atoms with Gasteiger partial charge in [0.05, 0.1) is 0 Å². The summed E-state index contributed by atoms with van der Waals surface area (Å²) in [5.74, 6) is 0.0991. The van der Waals surface area contributed by atoms with Gasteiger partial charge in [-0.1, -0.05) is 19.3 Å². The van der Waals surface area contributed by atoms with Crippen LogP contribution in [0.15, 0.2) is 12.1 Å². The van der Waals surface area contributed by atoms with Crippen LogP contribution in [0.1, 0.15) is 60.5 Å². The molecular formula is C16H26Cl2N2O. The average molecular weight is 333 g/mol. The molecule has 0 atom stereocenters. The van der Waals surface area contributed by atoms with E-state index >= 15 is 0 Å². The Kier molecular flexibility index (Phi) is 8.95. The zero-order valence-corrected chi connectivity index (χ0v) is 14.4. The number of nitrogens with two attached hydrogens (primary N) is 1. The third-order valence-electron chi connectivity index (χ3n) is 4.07. The summed E-state index contributed by atoms with van der Waals surface area (Å²) in [5.41, 5.74) is 9.73. The number of anilines is 1. The van der Waals surface area contributed by atoms with Crippen molar-refractivity contribution >= 4 is 36.3 Å². The molecule has 1 aromatic carbocycles. The standard InChI is InChI=1S/C16H24N2O.2ClH/c1-11-8-13(12(2)19)9-14(16(11)17)10-18-15-6-4-3-5-7-15;;/h8-9,15,18H,3-7,10,17H2,1-2H3;2*1H. The van der Waals surface area contributed by atoms with Crippen LogP contribution in [0.25, 0.3) is 0 Å². The van der Waals surface area contributed by atoms with Crippen LogP contribution in [0.4, 0.5) is 5.69 Å². The zero-order valence-electron chi connectivity index (χ0n) is 12.8. The highest BCUT2D eigenvalue weighted by Crippen LogP contribution is 2.22. The number of nitrogen functional groups attached to an aromatic ring is 1. The lowest BCUT2D eigenvalue weighted by Crippen LogP contribution is -2.30. The number of hydrogen-bond donors (Lipinski definition) is 2. The Labute approximate surface area is 139 Å².